The number of hydrogen-bond acceptors (Lipinski definition) is 7. The van der Waals surface area contributed by atoms with Gasteiger partial charge in [-0.25, -0.2) is 17.9 Å². The van der Waals surface area contributed by atoms with E-state index in [4.69, 9.17) is 5.11 Å². The first-order chi connectivity index (χ1) is 14.4. The van der Waals surface area contributed by atoms with Gasteiger partial charge >= 0.3 is 6.09 Å². The fourth-order valence-corrected chi connectivity index (χ4v) is 4.59. The minimum absolute atomic E-state index is 0.117. The summed E-state index contributed by atoms with van der Waals surface area (Å²) in [5.74, 6) is 0.301. The summed E-state index contributed by atoms with van der Waals surface area (Å²) in [5, 5.41) is 25.1. The van der Waals surface area contributed by atoms with E-state index in [1.807, 2.05) is 0 Å². The topological polar surface area (TPSA) is 142 Å². The van der Waals surface area contributed by atoms with Crippen molar-refractivity contribution in [3.05, 3.63) is 18.2 Å². The standard InChI is InChI=1S/C18H25N7O4S/c1-19-30(28,29)14-7-8-16(20-12-5-3-2-4-6-12)15(9-14)17-21-23-25(22-17)13-10-24(11-13)18(26)27/h7-9,12-13,19-20H,2-6,10-11H2,1H3,(H,26,27). The molecule has 0 spiro atoms. The molecule has 2 fully saturated rings. The normalized spacial score (nSPS) is 18.2. The Hall–Kier alpha value is -2.73. The summed E-state index contributed by atoms with van der Waals surface area (Å²) in [7, 11) is -2.27. The van der Waals surface area contributed by atoms with E-state index in [1.165, 1.54) is 23.2 Å². The highest BCUT2D eigenvalue weighted by molar-refractivity contribution is 7.89. The molecule has 2 aliphatic rings. The molecule has 1 aromatic heterocycles. The number of anilines is 1. The maximum absolute atomic E-state index is 12.3. The second-order valence-corrected chi connectivity index (χ2v) is 9.56. The van der Waals surface area contributed by atoms with Crippen molar-refractivity contribution in [3.63, 3.8) is 0 Å². The fraction of sp³-hybridized carbons (Fsp3) is 0.556. The number of nitrogens with one attached hydrogen (secondary N) is 2. The third-order valence-electron chi connectivity index (χ3n) is 5.66. The summed E-state index contributed by atoms with van der Waals surface area (Å²) in [6.07, 6.45) is 4.70. The number of tetrazole rings is 1. The molecule has 0 unspecified atom stereocenters. The van der Waals surface area contributed by atoms with Crippen LogP contribution < -0.4 is 10.0 Å². The molecule has 0 bridgehead atoms. The molecular formula is C18H25N7O4S. The number of benzene rings is 1. The number of likely N-dealkylation sites (tertiary alicyclic amines) is 1. The minimum atomic E-state index is -3.63. The number of nitrogens with zero attached hydrogens (tertiary/aromatic N) is 5. The van der Waals surface area contributed by atoms with Gasteiger partial charge in [0.05, 0.1) is 18.0 Å². The highest BCUT2D eigenvalue weighted by Gasteiger charge is 2.34. The summed E-state index contributed by atoms with van der Waals surface area (Å²) < 4.78 is 26.9. The van der Waals surface area contributed by atoms with Crippen LogP contribution >= 0.6 is 0 Å². The van der Waals surface area contributed by atoms with Gasteiger partial charge in [0, 0.05) is 17.3 Å². The molecule has 30 heavy (non-hydrogen) atoms. The molecule has 11 nitrogen and oxygen atoms in total. The first kappa shape index (κ1) is 20.5. The van der Waals surface area contributed by atoms with Crippen LogP contribution in [0.15, 0.2) is 23.1 Å². The quantitative estimate of drug-likeness (QED) is 0.620. The Morgan fingerprint density at radius 1 is 1.20 bits per heavy atom. The van der Waals surface area contributed by atoms with Gasteiger partial charge < -0.3 is 15.3 Å². The molecule has 1 aliphatic carbocycles. The molecule has 162 valence electrons. The SMILES string of the molecule is CNS(=O)(=O)c1ccc(NC2CCCCC2)c(-c2nnn(C3CN(C(=O)O)C3)n2)c1. The van der Waals surface area contributed by atoms with Crippen LogP contribution in [0.2, 0.25) is 0 Å². The molecule has 0 atom stereocenters. The van der Waals surface area contributed by atoms with E-state index in [0.717, 1.165) is 31.4 Å². The minimum Gasteiger partial charge on any atom is -0.465 e. The van der Waals surface area contributed by atoms with E-state index < -0.39 is 16.1 Å². The largest absolute Gasteiger partial charge is 0.465 e. The highest BCUT2D eigenvalue weighted by Crippen LogP contribution is 2.31. The third-order valence-corrected chi connectivity index (χ3v) is 7.08. The summed E-state index contributed by atoms with van der Waals surface area (Å²) in [5.41, 5.74) is 1.31. The van der Waals surface area contributed by atoms with Crippen LogP contribution in [0.25, 0.3) is 11.4 Å². The zero-order valence-corrected chi connectivity index (χ0v) is 17.5. The molecule has 2 aromatic rings. The second-order valence-electron chi connectivity index (χ2n) is 7.67. The van der Waals surface area contributed by atoms with Crippen molar-refractivity contribution in [1.29, 1.82) is 0 Å². The molecule has 1 saturated heterocycles. The van der Waals surface area contributed by atoms with Crippen LogP contribution in [-0.2, 0) is 10.0 Å². The lowest BCUT2D eigenvalue weighted by Crippen LogP contribution is -2.50. The molecule has 1 amide bonds. The lowest BCUT2D eigenvalue weighted by Gasteiger charge is -2.35. The van der Waals surface area contributed by atoms with E-state index in [0.29, 0.717) is 30.5 Å². The van der Waals surface area contributed by atoms with Gasteiger partial charge in [-0.2, -0.15) is 4.80 Å². The second kappa shape index (κ2) is 8.19. The summed E-state index contributed by atoms with van der Waals surface area (Å²) in [4.78, 5) is 13.8. The Morgan fingerprint density at radius 3 is 2.60 bits per heavy atom. The number of carbonyl (C=O) groups is 1. The van der Waals surface area contributed by atoms with Crippen LogP contribution in [0.1, 0.15) is 38.1 Å². The van der Waals surface area contributed by atoms with Crippen LogP contribution in [0.5, 0.6) is 0 Å². The van der Waals surface area contributed by atoms with Crippen molar-refractivity contribution in [2.75, 3.05) is 25.5 Å². The van der Waals surface area contributed by atoms with E-state index >= 15 is 0 Å². The van der Waals surface area contributed by atoms with Crippen molar-refractivity contribution < 1.29 is 18.3 Å². The predicted octanol–water partition coefficient (Wildman–Crippen LogP) is 1.53. The van der Waals surface area contributed by atoms with E-state index in [9.17, 15) is 13.2 Å². The zero-order valence-electron chi connectivity index (χ0n) is 16.7. The maximum Gasteiger partial charge on any atom is 0.407 e. The molecule has 4 rings (SSSR count). The number of hydrogen-bond donors (Lipinski definition) is 3. The lowest BCUT2D eigenvalue weighted by molar-refractivity contribution is 0.0750. The Morgan fingerprint density at radius 2 is 1.93 bits per heavy atom. The number of sulfonamides is 1. The van der Waals surface area contributed by atoms with Gasteiger partial charge in [0.1, 0.15) is 6.04 Å². The average molecular weight is 436 g/mol. The lowest BCUT2D eigenvalue weighted by atomic mass is 9.95. The fourth-order valence-electron chi connectivity index (χ4n) is 3.83. The van der Waals surface area contributed by atoms with E-state index in [1.54, 1.807) is 18.2 Å². The zero-order chi connectivity index (χ0) is 21.3. The summed E-state index contributed by atoms with van der Waals surface area (Å²) in [6, 6.07) is 4.98. The Labute approximate surface area is 174 Å². The van der Waals surface area contributed by atoms with Crippen LogP contribution in [-0.4, -0.2) is 70.9 Å². The van der Waals surface area contributed by atoms with Gasteiger partial charge in [-0.3, -0.25) is 0 Å². The van der Waals surface area contributed by atoms with Gasteiger partial charge in [-0.1, -0.05) is 19.3 Å². The molecule has 3 N–H and O–H groups in total. The van der Waals surface area contributed by atoms with Crippen molar-refractivity contribution in [2.45, 2.75) is 49.1 Å². The van der Waals surface area contributed by atoms with Gasteiger partial charge in [0.2, 0.25) is 15.8 Å². The number of rotatable bonds is 6. The monoisotopic (exact) mass is 435 g/mol. The molecular weight excluding hydrogens is 410 g/mol. The number of aromatic nitrogens is 4. The molecule has 12 heteroatoms. The van der Waals surface area contributed by atoms with Crippen LogP contribution in [0.4, 0.5) is 10.5 Å². The summed E-state index contributed by atoms with van der Waals surface area (Å²) >= 11 is 0. The van der Waals surface area contributed by atoms with Crippen molar-refractivity contribution >= 4 is 21.8 Å². The third kappa shape index (κ3) is 4.10. The van der Waals surface area contributed by atoms with Crippen molar-refractivity contribution in [3.8, 4) is 11.4 Å². The first-order valence-electron chi connectivity index (χ1n) is 9.99. The first-order valence-corrected chi connectivity index (χ1v) is 11.5. The Balaban J connectivity index is 1.64. The van der Waals surface area contributed by atoms with Gasteiger partial charge in [-0.15, -0.1) is 10.2 Å². The molecule has 1 aromatic carbocycles. The molecule has 1 aliphatic heterocycles. The van der Waals surface area contributed by atoms with Crippen LogP contribution in [0, 0.1) is 0 Å². The summed E-state index contributed by atoms with van der Waals surface area (Å²) in [6.45, 7) is 0.596. The number of carboxylic acid groups (broad SMARTS) is 1. The van der Waals surface area contributed by atoms with Gasteiger partial charge in [0.25, 0.3) is 0 Å². The highest BCUT2D eigenvalue weighted by atomic mass is 32.2. The van der Waals surface area contributed by atoms with Crippen LogP contribution in [0.3, 0.4) is 0 Å². The van der Waals surface area contributed by atoms with E-state index in [2.05, 4.69) is 25.4 Å². The smallest absolute Gasteiger partial charge is 0.407 e. The number of amides is 1. The van der Waals surface area contributed by atoms with Gasteiger partial charge in [-0.05, 0) is 43.3 Å². The van der Waals surface area contributed by atoms with Crippen molar-refractivity contribution in [1.82, 2.24) is 29.8 Å². The Bertz CT molecular complexity index is 1030. The molecule has 1 saturated carbocycles. The molecule has 2 heterocycles. The van der Waals surface area contributed by atoms with E-state index in [-0.39, 0.29) is 10.9 Å². The Kier molecular flexibility index (Phi) is 5.60. The molecule has 0 radical (unpaired) electrons. The maximum atomic E-state index is 12.3. The van der Waals surface area contributed by atoms with Gasteiger partial charge in [0.15, 0.2) is 0 Å². The average Bonchev–Trinajstić information content (AvgIpc) is 3.17. The predicted molar refractivity (Wildman–Crippen MR) is 109 cm³/mol. The van der Waals surface area contributed by atoms with Crippen molar-refractivity contribution in [2.24, 2.45) is 0 Å².